The molecule has 0 saturated heterocycles. The van der Waals surface area contributed by atoms with Crippen molar-refractivity contribution in [1.82, 2.24) is 0 Å². The van der Waals surface area contributed by atoms with Crippen LogP contribution >= 0.6 is 0 Å². The Labute approximate surface area is 108 Å². The van der Waals surface area contributed by atoms with Gasteiger partial charge in [-0.3, -0.25) is 4.79 Å². The lowest BCUT2D eigenvalue weighted by molar-refractivity contribution is -0.151. The minimum absolute atomic E-state index is 0.146. The summed E-state index contributed by atoms with van der Waals surface area (Å²) in [5.41, 5.74) is 0.000336. The SMILES string of the molecule is CC(C)(C)OC(=O)CS(=O)(=O)Cc1ccccc1. The molecule has 0 aliphatic heterocycles. The van der Waals surface area contributed by atoms with Crippen molar-refractivity contribution >= 4 is 15.8 Å². The van der Waals surface area contributed by atoms with Crippen LogP contribution in [0.3, 0.4) is 0 Å². The topological polar surface area (TPSA) is 60.4 Å². The highest BCUT2D eigenvalue weighted by atomic mass is 32.2. The lowest BCUT2D eigenvalue weighted by atomic mass is 10.2. The summed E-state index contributed by atoms with van der Waals surface area (Å²) < 4.78 is 28.6. The predicted octanol–water partition coefficient (Wildman–Crippen LogP) is 1.94. The van der Waals surface area contributed by atoms with E-state index in [1.54, 1.807) is 45.0 Å². The van der Waals surface area contributed by atoms with Crippen LogP contribution in [0.2, 0.25) is 0 Å². The van der Waals surface area contributed by atoms with Crippen molar-refractivity contribution in [3.05, 3.63) is 35.9 Å². The summed E-state index contributed by atoms with van der Waals surface area (Å²) in [6.07, 6.45) is 0. The van der Waals surface area contributed by atoms with Gasteiger partial charge in [-0.15, -0.1) is 0 Å². The van der Waals surface area contributed by atoms with Crippen molar-refractivity contribution in [2.45, 2.75) is 32.1 Å². The standard InChI is InChI=1S/C13H18O4S/c1-13(2,3)17-12(14)10-18(15,16)9-11-7-5-4-6-8-11/h4-8H,9-10H2,1-3H3. The summed E-state index contributed by atoms with van der Waals surface area (Å²) in [5, 5.41) is 0. The second-order valence-electron chi connectivity index (χ2n) is 5.10. The van der Waals surface area contributed by atoms with Crippen LogP contribution in [0.25, 0.3) is 0 Å². The minimum Gasteiger partial charge on any atom is -0.459 e. The van der Waals surface area contributed by atoms with Gasteiger partial charge in [0.2, 0.25) is 0 Å². The fourth-order valence-electron chi connectivity index (χ4n) is 1.43. The molecular formula is C13H18O4S. The van der Waals surface area contributed by atoms with E-state index in [0.29, 0.717) is 5.56 Å². The van der Waals surface area contributed by atoms with Gasteiger partial charge in [-0.1, -0.05) is 30.3 Å². The highest BCUT2D eigenvalue weighted by molar-refractivity contribution is 7.91. The van der Waals surface area contributed by atoms with Gasteiger partial charge in [0.1, 0.15) is 11.4 Å². The zero-order chi connectivity index (χ0) is 13.8. The van der Waals surface area contributed by atoms with E-state index in [4.69, 9.17) is 4.74 Å². The maximum absolute atomic E-state index is 11.8. The van der Waals surface area contributed by atoms with Crippen molar-refractivity contribution < 1.29 is 17.9 Å². The molecule has 0 aliphatic rings. The first-order valence-electron chi connectivity index (χ1n) is 5.64. The van der Waals surface area contributed by atoms with Crippen molar-refractivity contribution in [3.8, 4) is 0 Å². The fraction of sp³-hybridized carbons (Fsp3) is 0.462. The molecule has 4 nitrogen and oxygen atoms in total. The highest BCUT2D eigenvalue weighted by Gasteiger charge is 2.22. The van der Waals surface area contributed by atoms with Crippen LogP contribution in [-0.2, 0) is 25.1 Å². The Balaban J connectivity index is 2.63. The van der Waals surface area contributed by atoms with Gasteiger partial charge in [-0.05, 0) is 26.3 Å². The molecule has 0 spiro atoms. The average Bonchev–Trinajstić information content (AvgIpc) is 2.13. The molecule has 0 aromatic heterocycles. The Morgan fingerprint density at radius 3 is 2.22 bits per heavy atom. The molecule has 0 radical (unpaired) electrons. The van der Waals surface area contributed by atoms with E-state index in [2.05, 4.69) is 0 Å². The first kappa shape index (κ1) is 14.7. The van der Waals surface area contributed by atoms with Crippen molar-refractivity contribution in [3.63, 3.8) is 0 Å². The van der Waals surface area contributed by atoms with Crippen LogP contribution in [0.15, 0.2) is 30.3 Å². The molecule has 0 saturated carbocycles. The predicted molar refractivity (Wildman–Crippen MR) is 69.8 cm³/mol. The molecule has 0 aliphatic carbocycles. The molecule has 0 N–H and O–H groups in total. The molecule has 1 aromatic carbocycles. The normalized spacial score (nSPS) is 12.2. The van der Waals surface area contributed by atoms with E-state index in [9.17, 15) is 13.2 Å². The van der Waals surface area contributed by atoms with E-state index in [1.165, 1.54) is 0 Å². The number of rotatable bonds is 4. The van der Waals surface area contributed by atoms with Crippen molar-refractivity contribution in [2.75, 3.05) is 5.75 Å². The van der Waals surface area contributed by atoms with E-state index < -0.39 is 27.2 Å². The van der Waals surface area contributed by atoms with Gasteiger partial charge in [0.05, 0.1) is 5.75 Å². The summed E-state index contributed by atoms with van der Waals surface area (Å²) in [5.74, 6) is -1.44. The van der Waals surface area contributed by atoms with E-state index in [-0.39, 0.29) is 5.75 Å². The number of esters is 1. The minimum atomic E-state index is -3.48. The van der Waals surface area contributed by atoms with Crippen LogP contribution in [0, 0.1) is 0 Å². The quantitative estimate of drug-likeness (QED) is 0.784. The molecule has 0 bridgehead atoms. The van der Waals surface area contributed by atoms with E-state index in [0.717, 1.165) is 0 Å². The molecule has 100 valence electrons. The first-order chi connectivity index (χ1) is 8.18. The maximum Gasteiger partial charge on any atom is 0.321 e. The smallest absolute Gasteiger partial charge is 0.321 e. The van der Waals surface area contributed by atoms with Gasteiger partial charge >= 0.3 is 5.97 Å². The Kier molecular flexibility index (Phi) is 4.51. The number of hydrogen-bond acceptors (Lipinski definition) is 4. The van der Waals surface area contributed by atoms with Crippen LogP contribution in [0.1, 0.15) is 26.3 Å². The molecule has 1 rings (SSSR count). The van der Waals surface area contributed by atoms with Gasteiger partial charge in [0, 0.05) is 0 Å². The number of ether oxygens (including phenoxy) is 1. The zero-order valence-electron chi connectivity index (χ0n) is 10.8. The number of sulfone groups is 1. The van der Waals surface area contributed by atoms with Crippen LogP contribution in [0.4, 0.5) is 0 Å². The van der Waals surface area contributed by atoms with E-state index in [1.807, 2.05) is 6.07 Å². The third-order valence-electron chi connectivity index (χ3n) is 1.99. The van der Waals surface area contributed by atoms with Crippen LogP contribution < -0.4 is 0 Å². The Hall–Kier alpha value is -1.36. The molecule has 0 fully saturated rings. The van der Waals surface area contributed by atoms with Gasteiger partial charge < -0.3 is 4.74 Å². The number of benzene rings is 1. The second-order valence-corrected chi connectivity index (χ2v) is 7.17. The molecule has 18 heavy (non-hydrogen) atoms. The summed E-state index contributed by atoms with van der Waals surface area (Å²) in [4.78, 5) is 11.5. The maximum atomic E-state index is 11.8. The summed E-state index contributed by atoms with van der Waals surface area (Å²) >= 11 is 0. The zero-order valence-corrected chi connectivity index (χ0v) is 11.7. The monoisotopic (exact) mass is 270 g/mol. The van der Waals surface area contributed by atoms with Gasteiger partial charge in [-0.25, -0.2) is 8.42 Å². The van der Waals surface area contributed by atoms with Crippen LogP contribution in [0.5, 0.6) is 0 Å². The third kappa shape index (κ3) is 5.82. The Morgan fingerprint density at radius 1 is 1.17 bits per heavy atom. The van der Waals surface area contributed by atoms with E-state index >= 15 is 0 Å². The molecule has 1 aromatic rings. The Morgan fingerprint density at radius 2 is 1.72 bits per heavy atom. The molecule has 0 heterocycles. The molecular weight excluding hydrogens is 252 g/mol. The van der Waals surface area contributed by atoms with Crippen molar-refractivity contribution in [2.24, 2.45) is 0 Å². The summed E-state index contributed by atoms with van der Waals surface area (Å²) in [6.45, 7) is 5.11. The first-order valence-corrected chi connectivity index (χ1v) is 7.46. The lowest BCUT2D eigenvalue weighted by Crippen LogP contribution is -2.29. The van der Waals surface area contributed by atoms with Crippen LogP contribution in [-0.4, -0.2) is 25.7 Å². The molecule has 0 amide bonds. The highest BCUT2D eigenvalue weighted by Crippen LogP contribution is 2.10. The largest absolute Gasteiger partial charge is 0.459 e. The van der Waals surface area contributed by atoms with Gasteiger partial charge in [0.25, 0.3) is 0 Å². The van der Waals surface area contributed by atoms with Gasteiger partial charge in [-0.2, -0.15) is 0 Å². The summed E-state index contributed by atoms with van der Waals surface area (Å²) in [6, 6.07) is 8.76. The number of carbonyl (C=O) groups excluding carboxylic acids is 1. The Bertz CT molecular complexity index is 498. The molecule has 0 atom stereocenters. The third-order valence-corrected chi connectivity index (χ3v) is 3.44. The second kappa shape index (κ2) is 5.52. The number of carbonyl (C=O) groups is 1. The molecule has 0 unspecified atom stereocenters. The fourth-order valence-corrected chi connectivity index (χ4v) is 2.65. The average molecular weight is 270 g/mol. The van der Waals surface area contributed by atoms with Crippen molar-refractivity contribution in [1.29, 1.82) is 0 Å². The van der Waals surface area contributed by atoms with Gasteiger partial charge in [0.15, 0.2) is 9.84 Å². The summed E-state index contributed by atoms with van der Waals surface area (Å²) in [7, 11) is -3.48. The lowest BCUT2D eigenvalue weighted by Gasteiger charge is -2.19. The molecule has 5 heteroatoms. The number of hydrogen-bond donors (Lipinski definition) is 0.